The minimum Gasteiger partial charge on any atom is -0.396 e. The number of fused-ring (bicyclic) bond motifs is 1. The Morgan fingerprint density at radius 3 is 2.78 bits per heavy atom. The van der Waals surface area contributed by atoms with Crippen LogP contribution in [0.1, 0.15) is 36.3 Å². The van der Waals surface area contributed by atoms with Crippen LogP contribution in [0.4, 0.5) is 0 Å². The first-order valence-electron chi connectivity index (χ1n) is 9.29. The van der Waals surface area contributed by atoms with Crippen LogP contribution in [0.5, 0.6) is 0 Å². The number of rotatable bonds is 5. The molecule has 2 heterocycles. The summed E-state index contributed by atoms with van der Waals surface area (Å²) in [6, 6.07) is 13.4. The Balaban J connectivity index is 1.67. The number of halogens is 1. The molecular weight excluding hydrogens is 362 g/mol. The first-order valence-corrected chi connectivity index (χ1v) is 9.67. The van der Waals surface area contributed by atoms with Gasteiger partial charge >= 0.3 is 11.7 Å². The van der Waals surface area contributed by atoms with Crippen molar-refractivity contribution < 1.29 is 14.3 Å². The standard InChI is InChI=1S/C21H22ClN3O2/c22-16-7-5-6-15(12-16)18-17-8-1-4-11-25(17)19(24-18)20(27)23-13-21(14-26)9-2-3-10-21/h1,4-8,11-12,26H,2-3,9-10,13-14H2,(H,23,27)/p+1. The molecule has 0 radical (unpaired) electrons. The maximum Gasteiger partial charge on any atom is 0.351 e. The van der Waals surface area contributed by atoms with Gasteiger partial charge < -0.3 is 10.4 Å². The van der Waals surface area contributed by atoms with E-state index in [0.29, 0.717) is 17.4 Å². The van der Waals surface area contributed by atoms with E-state index in [1.807, 2.05) is 53.1 Å². The maximum absolute atomic E-state index is 12.9. The number of benzene rings is 1. The topological polar surface area (TPSA) is 69.2 Å². The van der Waals surface area contributed by atoms with Crippen molar-refractivity contribution in [1.29, 1.82) is 0 Å². The van der Waals surface area contributed by atoms with Gasteiger partial charge in [-0.25, -0.2) is 4.98 Å². The second-order valence-corrected chi connectivity index (χ2v) is 7.80. The molecule has 1 amide bonds. The number of H-pyrrole nitrogens is 1. The summed E-state index contributed by atoms with van der Waals surface area (Å²) in [5, 5.41) is 13.4. The molecular formula is C21H23ClN3O2+. The number of aromatic nitrogens is 2. The lowest BCUT2D eigenvalue weighted by Crippen LogP contribution is -2.41. The van der Waals surface area contributed by atoms with Gasteiger partial charge in [0.25, 0.3) is 0 Å². The largest absolute Gasteiger partial charge is 0.396 e. The smallest absolute Gasteiger partial charge is 0.351 e. The number of hydrogen-bond acceptors (Lipinski definition) is 2. The Morgan fingerprint density at radius 1 is 1.22 bits per heavy atom. The molecule has 5 nitrogen and oxygen atoms in total. The highest BCUT2D eigenvalue weighted by Gasteiger charge is 2.35. The Kier molecular flexibility index (Phi) is 4.89. The molecule has 0 spiro atoms. The Bertz CT molecular complexity index is 976. The molecule has 140 valence electrons. The van der Waals surface area contributed by atoms with Crippen molar-refractivity contribution in [2.75, 3.05) is 13.2 Å². The lowest BCUT2D eigenvalue weighted by atomic mass is 9.87. The molecule has 0 unspecified atom stereocenters. The molecule has 1 aliphatic carbocycles. The highest BCUT2D eigenvalue weighted by molar-refractivity contribution is 6.30. The number of aliphatic hydroxyl groups excluding tert-OH is 1. The second-order valence-electron chi connectivity index (χ2n) is 7.36. The van der Waals surface area contributed by atoms with Crippen LogP contribution in [-0.4, -0.2) is 29.1 Å². The zero-order valence-corrected chi connectivity index (χ0v) is 15.8. The molecule has 0 atom stereocenters. The van der Waals surface area contributed by atoms with E-state index in [-0.39, 0.29) is 17.9 Å². The van der Waals surface area contributed by atoms with Crippen LogP contribution in [-0.2, 0) is 0 Å². The van der Waals surface area contributed by atoms with Crippen LogP contribution in [0, 0.1) is 5.41 Å². The quantitative estimate of drug-likeness (QED) is 0.590. The van der Waals surface area contributed by atoms with Crippen molar-refractivity contribution in [1.82, 2.24) is 10.3 Å². The molecule has 3 aromatic rings. The highest BCUT2D eigenvalue weighted by atomic mass is 35.5. The summed E-state index contributed by atoms with van der Waals surface area (Å²) in [4.78, 5) is 16.2. The highest BCUT2D eigenvalue weighted by Crippen LogP contribution is 2.37. The third kappa shape index (κ3) is 3.45. The number of pyridine rings is 1. The second kappa shape index (κ2) is 7.33. The predicted octanol–water partition coefficient (Wildman–Crippen LogP) is 3.36. The molecule has 0 bridgehead atoms. The molecule has 1 aliphatic rings. The minimum absolute atomic E-state index is 0.111. The van der Waals surface area contributed by atoms with Crippen molar-refractivity contribution in [3.63, 3.8) is 0 Å². The van der Waals surface area contributed by atoms with Gasteiger partial charge in [-0.2, -0.15) is 4.40 Å². The lowest BCUT2D eigenvalue weighted by Gasteiger charge is -2.25. The van der Waals surface area contributed by atoms with Crippen molar-refractivity contribution in [2.45, 2.75) is 25.7 Å². The number of aliphatic hydroxyl groups is 1. The number of amides is 1. The van der Waals surface area contributed by atoms with Gasteiger partial charge in [0.15, 0.2) is 11.2 Å². The van der Waals surface area contributed by atoms with E-state index in [1.54, 1.807) is 0 Å². The summed E-state index contributed by atoms with van der Waals surface area (Å²) in [6.45, 7) is 0.600. The first kappa shape index (κ1) is 18.0. The fraction of sp³-hybridized carbons (Fsp3) is 0.333. The minimum atomic E-state index is -0.182. The molecule has 3 N–H and O–H groups in total. The van der Waals surface area contributed by atoms with Crippen LogP contribution < -0.4 is 9.72 Å². The van der Waals surface area contributed by atoms with E-state index < -0.39 is 0 Å². The first-order chi connectivity index (χ1) is 13.1. The van der Waals surface area contributed by atoms with Gasteiger partial charge in [-0.05, 0) is 37.1 Å². The fourth-order valence-corrected chi connectivity index (χ4v) is 4.17. The van der Waals surface area contributed by atoms with Gasteiger partial charge in [-0.15, -0.1) is 0 Å². The van der Waals surface area contributed by atoms with Gasteiger partial charge in [0, 0.05) is 22.5 Å². The third-order valence-electron chi connectivity index (χ3n) is 5.55. The van der Waals surface area contributed by atoms with Crippen molar-refractivity contribution >= 4 is 23.0 Å². The molecule has 0 saturated heterocycles. The number of nitrogens with one attached hydrogen (secondary N) is 2. The molecule has 27 heavy (non-hydrogen) atoms. The maximum atomic E-state index is 12.9. The molecule has 1 saturated carbocycles. The molecule has 1 fully saturated rings. The van der Waals surface area contributed by atoms with Crippen molar-refractivity contribution in [3.05, 3.63) is 59.5 Å². The number of aromatic amines is 1. The molecule has 6 heteroatoms. The average molecular weight is 385 g/mol. The lowest BCUT2D eigenvalue weighted by molar-refractivity contribution is -0.513. The number of carbonyl (C=O) groups is 1. The molecule has 2 aromatic heterocycles. The average Bonchev–Trinajstić information content (AvgIpc) is 3.32. The Labute approximate surface area is 163 Å². The third-order valence-corrected chi connectivity index (χ3v) is 5.79. The van der Waals surface area contributed by atoms with E-state index in [9.17, 15) is 9.90 Å². The summed E-state index contributed by atoms with van der Waals surface area (Å²) in [6.07, 6.45) is 5.99. The number of nitrogens with zero attached hydrogens (tertiary/aromatic N) is 1. The van der Waals surface area contributed by atoms with Crippen molar-refractivity contribution in [2.24, 2.45) is 5.41 Å². The number of carbonyl (C=O) groups excluding carboxylic acids is 1. The van der Waals surface area contributed by atoms with Crippen LogP contribution in [0.3, 0.4) is 0 Å². The van der Waals surface area contributed by atoms with Gasteiger partial charge in [-0.1, -0.05) is 42.6 Å². The number of imidazole rings is 1. The van der Waals surface area contributed by atoms with E-state index >= 15 is 0 Å². The normalized spacial score (nSPS) is 15.9. The number of hydrogen-bond donors (Lipinski definition) is 3. The van der Waals surface area contributed by atoms with Crippen LogP contribution >= 0.6 is 11.6 Å². The zero-order chi connectivity index (χ0) is 18.9. The molecule has 0 aliphatic heterocycles. The van der Waals surface area contributed by atoms with Crippen LogP contribution in [0.15, 0.2) is 48.7 Å². The van der Waals surface area contributed by atoms with E-state index in [4.69, 9.17) is 11.6 Å². The summed E-state index contributed by atoms with van der Waals surface area (Å²) >= 11 is 6.15. The van der Waals surface area contributed by atoms with Gasteiger partial charge in [0.1, 0.15) is 0 Å². The summed E-state index contributed by atoms with van der Waals surface area (Å²) in [5.41, 5.74) is 2.50. The van der Waals surface area contributed by atoms with Crippen LogP contribution in [0.25, 0.3) is 16.8 Å². The van der Waals surface area contributed by atoms with Crippen molar-refractivity contribution in [3.8, 4) is 11.3 Å². The zero-order valence-electron chi connectivity index (χ0n) is 15.0. The fourth-order valence-electron chi connectivity index (χ4n) is 3.98. The Hall–Kier alpha value is -2.37. The summed E-state index contributed by atoms with van der Waals surface area (Å²) in [7, 11) is 0. The van der Waals surface area contributed by atoms with E-state index in [0.717, 1.165) is 42.5 Å². The Morgan fingerprint density at radius 2 is 2.04 bits per heavy atom. The molecule has 1 aromatic carbocycles. The molecule has 4 rings (SSSR count). The summed E-state index contributed by atoms with van der Waals surface area (Å²) in [5.74, 6) is 0.288. The van der Waals surface area contributed by atoms with Gasteiger partial charge in [0.2, 0.25) is 0 Å². The summed E-state index contributed by atoms with van der Waals surface area (Å²) < 4.78 is 1.85. The van der Waals surface area contributed by atoms with Gasteiger partial charge in [0.05, 0.1) is 12.8 Å². The van der Waals surface area contributed by atoms with Crippen LogP contribution in [0.2, 0.25) is 5.02 Å². The monoisotopic (exact) mass is 384 g/mol. The predicted molar refractivity (Wildman–Crippen MR) is 105 cm³/mol. The van der Waals surface area contributed by atoms with E-state index in [2.05, 4.69) is 10.3 Å². The van der Waals surface area contributed by atoms with Gasteiger partial charge in [-0.3, -0.25) is 4.79 Å². The van der Waals surface area contributed by atoms with E-state index in [1.165, 1.54) is 0 Å². The SMILES string of the molecule is O=C(NCC1(CO)CCCC1)c1[nH]c(-c2cccc(Cl)c2)c2cccc[n+]12.